The van der Waals surface area contributed by atoms with Crippen molar-refractivity contribution in [2.75, 3.05) is 13.1 Å². The number of carboxylic acids is 1. The van der Waals surface area contributed by atoms with Gasteiger partial charge in [0.1, 0.15) is 5.60 Å². The molecule has 0 radical (unpaired) electrons. The number of benzene rings is 2. The van der Waals surface area contributed by atoms with E-state index in [0.717, 1.165) is 27.5 Å². The summed E-state index contributed by atoms with van der Waals surface area (Å²) in [4.78, 5) is 27.8. The fraction of sp³-hybridized carbons (Fsp3) is 0.462. The first-order valence-electron chi connectivity index (χ1n) is 11.2. The summed E-state index contributed by atoms with van der Waals surface area (Å²) in [5.74, 6) is -1.13. The second kappa shape index (κ2) is 7.20. The van der Waals surface area contributed by atoms with Crippen molar-refractivity contribution in [2.45, 2.75) is 50.5 Å². The van der Waals surface area contributed by atoms with Crippen LogP contribution in [0.15, 0.2) is 48.5 Å². The predicted octanol–water partition coefficient (Wildman–Crippen LogP) is 5.41. The lowest BCUT2D eigenvalue weighted by molar-refractivity contribution is -0.157. The van der Waals surface area contributed by atoms with Crippen molar-refractivity contribution >= 4 is 34.7 Å². The number of hydrogen-bond acceptors (Lipinski definition) is 3. The Kier molecular flexibility index (Phi) is 4.89. The average Bonchev–Trinajstić information content (AvgIpc) is 3.17. The van der Waals surface area contributed by atoms with Gasteiger partial charge in [0.2, 0.25) is 0 Å². The minimum absolute atomic E-state index is 0.118. The molecule has 1 saturated carbocycles. The summed E-state index contributed by atoms with van der Waals surface area (Å²) in [6.45, 7) is 6.10. The topological polar surface area (TPSA) is 66.8 Å². The van der Waals surface area contributed by atoms with Gasteiger partial charge < -0.3 is 14.7 Å². The monoisotopic (exact) mass is 545 g/mol. The molecule has 2 aromatic rings. The van der Waals surface area contributed by atoms with Gasteiger partial charge in [-0.2, -0.15) is 0 Å². The van der Waals surface area contributed by atoms with E-state index in [4.69, 9.17) is 4.74 Å². The first kappa shape index (κ1) is 21.7. The maximum Gasteiger partial charge on any atom is 0.410 e. The van der Waals surface area contributed by atoms with Crippen LogP contribution in [0.3, 0.4) is 0 Å². The summed E-state index contributed by atoms with van der Waals surface area (Å²) in [7, 11) is 0. The van der Waals surface area contributed by atoms with Crippen LogP contribution >= 0.6 is 22.6 Å². The second-order valence-electron chi connectivity index (χ2n) is 10.4. The zero-order valence-electron chi connectivity index (χ0n) is 18.6. The number of halogens is 1. The van der Waals surface area contributed by atoms with Gasteiger partial charge in [-0.3, -0.25) is 4.79 Å². The van der Waals surface area contributed by atoms with Gasteiger partial charge in [-0.25, -0.2) is 4.79 Å². The number of carboxylic acid groups (broad SMARTS) is 1. The molecule has 168 valence electrons. The van der Waals surface area contributed by atoms with E-state index in [9.17, 15) is 14.7 Å². The largest absolute Gasteiger partial charge is 0.481 e. The average molecular weight is 545 g/mol. The van der Waals surface area contributed by atoms with Crippen LogP contribution in [0.4, 0.5) is 4.79 Å². The summed E-state index contributed by atoms with van der Waals surface area (Å²) in [6.07, 6.45) is 1.26. The molecule has 5 nitrogen and oxygen atoms in total. The molecule has 2 fully saturated rings. The number of nitrogens with zero attached hydrogens (tertiary/aromatic N) is 1. The van der Waals surface area contributed by atoms with Gasteiger partial charge in [-0.1, -0.05) is 36.4 Å². The van der Waals surface area contributed by atoms with E-state index in [-0.39, 0.29) is 18.4 Å². The molecule has 1 saturated heterocycles. The molecule has 1 N–H and O–H groups in total. The molecule has 1 heterocycles. The Morgan fingerprint density at radius 2 is 1.88 bits per heavy atom. The zero-order valence-corrected chi connectivity index (χ0v) is 20.8. The molecule has 32 heavy (non-hydrogen) atoms. The number of ether oxygens (including phenoxy) is 1. The normalized spacial score (nSPS) is 30.6. The molecule has 0 spiro atoms. The lowest BCUT2D eigenvalue weighted by Gasteiger charge is -2.59. The van der Waals surface area contributed by atoms with Crippen LogP contribution in [0, 0.1) is 14.9 Å². The van der Waals surface area contributed by atoms with Gasteiger partial charge in [0, 0.05) is 33.9 Å². The Bertz CT molecular complexity index is 1090. The highest BCUT2D eigenvalue weighted by Gasteiger charge is 2.71. The third kappa shape index (κ3) is 2.94. The van der Waals surface area contributed by atoms with Crippen LogP contribution in [0.25, 0.3) is 0 Å². The van der Waals surface area contributed by atoms with Crippen LogP contribution in [-0.2, 0) is 14.9 Å². The summed E-state index contributed by atoms with van der Waals surface area (Å²) in [5, 5.41) is 10.7. The van der Waals surface area contributed by atoms with E-state index in [1.165, 1.54) is 5.56 Å². The lowest BCUT2D eigenvalue weighted by atomic mass is 9.42. The highest BCUT2D eigenvalue weighted by atomic mass is 127. The molecular weight excluding hydrogens is 517 g/mol. The predicted molar refractivity (Wildman–Crippen MR) is 130 cm³/mol. The van der Waals surface area contributed by atoms with Crippen LogP contribution in [0.1, 0.15) is 56.2 Å². The Morgan fingerprint density at radius 1 is 1.16 bits per heavy atom. The minimum atomic E-state index is -1.03. The third-order valence-corrected chi connectivity index (χ3v) is 8.40. The van der Waals surface area contributed by atoms with Gasteiger partial charge in [-0.05, 0) is 85.0 Å². The third-order valence-electron chi connectivity index (χ3n) is 7.73. The molecular formula is C26H28INO4. The maximum atomic E-state index is 13.1. The van der Waals surface area contributed by atoms with Gasteiger partial charge in [0.15, 0.2) is 0 Å². The van der Waals surface area contributed by atoms with Crippen molar-refractivity contribution in [3.8, 4) is 0 Å². The number of carbonyl (C=O) groups excluding carboxylic acids is 1. The maximum absolute atomic E-state index is 13.1. The van der Waals surface area contributed by atoms with Crippen molar-refractivity contribution in [3.63, 3.8) is 0 Å². The minimum Gasteiger partial charge on any atom is -0.481 e. The molecule has 4 aliphatic rings. The lowest BCUT2D eigenvalue weighted by Crippen LogP contribution is -2.60. The van der Waals surface area contributed by atoms with Gasteiger partial charge in [-0.15, -0.1) is 0 Å². The van der Waals surface area contributed by atoms with Gasteiger partial charge in [0.05, 0.1) is 5.41 Å². The van der Waals surface area contributed by atoms with Crippen molar-refractivity contribution in [1.82, 2.24) is 4.90 Å². The second-order valence-corrected chi connectivity index (χ2v) is 11.7. The van der Waals surface area contributed by atoms with E-state index in [1.54, 1.807) is 4.90 Å². The summed E-state index contributed by atoms with van der Waals surface area (Å²) < 4.78 is 6.78. The number of carbonyl (C=O) groups is 2. The fourth-order valence-corrected chi connectivity index (χ4v) is 7.19. The number of fused-ring (bicyclic) bond motifs is 1. The van der Waals surface area contributed by atoms with Crippen molar-refractivity contribution in [1.29, 1.82) is 0 Å². The first-order chi connectivity index (χ1) is 15.1. The Labute approximate surface area is 202 Å². The van der Waals surface area contributed by atoms with Crippen LogP contribution in [-0.4, -0.2) is 40.8 Å². The van der Waals surface area contributed by atoms with E-state index >= 15 is 0 Å². The quantitative estimate of drug-likeness (QED) is 0.513. The smallest absolute Gasteiger partial charge is 0.410 e. The summed E-state index contributed by atoms with van der Waals surface area (Å²) in [6, 6.07) is 16.8. The molecule has 6 heteroatoms. The van der Waals surface area contributed by atoms with E-state index in [0.29, 0.717) is 6.54 Å². The van der Waals surface area contributed by atoms with Gasteiger partial charge in [0.25, 0.3) is 0 Å². The molecule has 4 unspecified atom stereocenters. The first-order valence-corrected chi connectivity index (χ1v) is 12.2. The number of rotatable bonds is 2. The molecule has 6 rings (SSSR count). The van der Waals surface area contributed by atoms with Crippen molar-refractivity contribution in [3.05, 3.63) is 68.8 Å². The fourth-order valence-electron chi connectivity index (χ4n) is 6.68. The Balaban J connectivity index is 1.72. The van der Waals surface area contributed by atoms with Crippen LogP contribution in [0.5, 0.6) is 0 Å². The summed E-state index contributed by atoms with van der Waals surface area (Å²) in [5.41, 5.74) is 1.41. The molecule has 0 aromatic heterocycles. The Hall–Kier alpha value is -2.09. The molecule has 1 amide bonds. The molecule has 2 bridgehead atoms. The molecule has 2 aromatic carbocycles. The van der Waals surface area contributed by atoms with E-state index in [2.05, 4.69) is 52.9 Å². The number of hydrogen-bond donors (Lipinski definition) is 1. The van der Waals surface area contributed by atoms with Crippen molar-refractivity contribution < 1.29 is 19.4 Å². The zero-order chi connectivity index (χ0) is 22.9. The standard InChI is InChI=1S/C26H28INO4/c1-24(2,3)32-23(31)28-14-21-25(16-7-5-4-6-8-16)12-11-20(26(21,15-28)22(29)30)18-13-17(27)9-10-19(18)25/h4-10,13,20-21H,11-12,14-15H2,1-3H3,(H,29,30). The summed E-state index contributed by atoms with van der Waals surface area (Å²) >= 11 is 2.31. The van der Waals surface area contributed by atoms with Gasteiger partial charge >= 0.3 is 12.1 Å². The SMILES string of the molecule is CC(C)(C)OC(=O)N1CC2C3(c4ccccc4)CCC(c4cc(I)ccc43)C2(C(=O)O)C1. The van der Waals surface area contributed by atoms with Crippen LogP contribution in [0.2, 0.25) is 0 Å². The Morgan fingerprint density at radius 3 is 2.53 bits per heavy atom. The molecule has 4 atom stereocenters. The van der Waals surface area contributed by atoms with Crippen molar-refractivity contribution in [2.24, 2.45) is 11.3 Å². The van der Waals surface area contributed by atoms with Crippen LogP contribution < -0.4 is 0 Å². The number of likely N-dealkylation sites (tertiary alicyclic amines) is 1. The van der Waals surface area contributed by atoms with E-state index < -0.39 is 28.5 Å². The number of amides is 1. The molecule has 3 aliphatic carbocycles. The highest BCUT2D eigenvalue weighted by Crippen LogP contribution is 2.69. The highest BCUT2D eigenvalue weighted by molar-refractivity contribution is 14.1. The molecule has 1 aliphatic heterocycles. The van der Waals surface area contributed by atoms with E-state index in [1.807, 2.05) is 39.0 Å². The number of aliphatic carboxylic acids is 1.